The average molecular weight is 502 g/mol. The van der Waals surface area contributed by atoms with Crippen LogP contribution in [0.15, 0.2) is 28.0 Å². The quantitative estimate of drug-likeness (QED) is 0.494. The summed E-state index contributed by atoms with van der Waals surface area (Å²) in [6.45, 7) is 5.57. The Balaban J connectivity index is 0.00000363. The molecule has 2 aliphatic heterocycles. The summed E-state index contributed by atoms with van der Waals surface area (Å²) in [7, 11) is -4.15. The lowest BCUT2D eigenvalue weighted by Gasteiger charge is -2.21. The van der Waals surface area contributed by atoms with Gasteiger partial charge in [0.05, 0.1) is 23.4 Å². The Labute approximate surface area is 199 Å². The largest absolute Gasteiger partial charge is 0.354 e. The van der Waals surface area contributed by atoms with Crippen LogP contribution in [0.4, 0.5) is 4.79 Å². The molecule has 3 amide bonds. The molecule has 176 valence electrons. The van der Waals surface area contributed by atoms with Crippen molar-refractivity contribution in [3.8, 4) is 6.07 Å². The number of thioether (sulfide) groups is 1. The summed E-state index contributed by atoms with van der Waals surface area (Å²) in [4.78, 5) is 27.2. The number of hydrogen-bond acceptors (Lipinski definition) is 7. The van der Waals surface area contributed by atoms with E-state index in [1.807, 2.05) is 13.0 Å². The molecule has 1 atom stereocenters. The summed E-state index contributed by atoms with van der Waals surface area (Å²) in [5.41, 5.74) is 0.172. The van der Waals surface area contributed by atoms with Gasteiger partial charge in [0.2, 0.25) is 5.91 Å². The van der Waals surface area contributed by atoms with Crippen LogP contribution in [-0.2, 0) is 14.8 Å². The predicted octanol–water partition coefficient (Wildman–Crippen LogP) is 1.78. The highest BCUT2D eigenvalue weighted by atomic mass is 35.5. The van der Waals surface area contributed by atoms with Gasteiger partial charge in [0.1, 0.15) is 4.90 Å². The van der Waals surface area contributed by atoms with Crippen LogP contribution in [0.3, 0.4) is 0 Å². The van der Waals surface area contributed by atoms with E-state index in [0.717, 1.165) is 35.7 Å². The Kier molecular flexibility index (Phi) is 9.64. The molecule has 2 N–H and O–H groups in total. The topological polar surface area (TPSA) is 123 Å². The number of urea groups is 1. The molecule has 3 rings (SSSR count). The first kappa shape index (κ1) is 26.3. The average Bonchev–Trinajstić information content (AvgIpc) is 3.43. The fourth-order valence-electron chi connectivity index (χ4n) is 3.61. The summed E-state index contributed by atoms with van der Waals surface area (Å²) in [5.74, 6) is -0.154. The molecule has 1 unspecified atom stereocenters. The second kappa shape index (κ2) is 11.7. The number of benzene rings is 1. The van der Waals surface area contributed by atoms with E-state index < -0.39 is 21.3 Å². The third kappa shape index (κ3) is 6.07. The van der Waals surface area contributed by atoms with E-state index in [1.165, 1.54) is 31.0 Å². The number of nitrogens with zero attached hydrogens (tertiary/aromatic N) is 3. The number of hydrogen-bond donors (Lipinski definition) is 2. The van der Waals surface area contributed by atoms with Gasteiger partial charge in [0.15, 0.2) is 0 Å². The molecule has 2 fully saturated rings. The number of rotatable bonds is 9. The van der Waals surface area contributed by atoms with Gasteiger partial charge < -0.3 is 15.5 Å². The first-order valence-corrected chi connectivity index (χ1v) is 12.7. The maximum atomic E-state index is 13.1. The fourth-order valence-corrected chi connectivity index (χ4v) is 6.51. The van der Waals surface area contributed by atoms with Crippen molar-refractivity contribution in [2.45, 2.75) is 41.2 Å². The lowest BCUT2D eigenvalue weighted by atomic mass is 10.2. The van der Waals surface area contributed by atoms with Gasteiger partial charge >= 0.3 is 6.03 Å². The molecule has 9 nitrogen and oxygen atoms in total. The number of nitrogens with one attached hydrogen (secondary N) is 2. The highest BCUT2D eigenvalue weighted by molar-refractivity contribution is 8.01. The normalized spacial score (nSPS) is 17.4. The van der Waals surface area contributed by atoms with E-state index in [0.29, 0.717) is 17.9 Å². The van der Waals surface area contributed by atoms with Gasteiger partial charge in [-0.2, -0.15) is 5.26 Å². The smallest absolute Gasteiger partial charge is 0.331 e. The third-order valence-electron chi connectivity index (χ3n) is 5.32. The Hall–Kier alpha value is -2.00. The minimum Gasteiger partial charge on any atom is -0.354 e. The number of likely N-dealkylation sites (tertiary alicyclic amines) is 1. The Morgan fingerprint density at radius 1 is 1.31 bits per heavy atom. The highest BCUT2D eigenvalue weighted by Gasteiger charge is 2.35. The van der Waals surface area contributed by atoms with E-state index in [4.69, 9.17) is 0 Å². The molecule has 0 spiro atoms. The summed E-state index contributed by atoms with van der Waals surface area (Å²) < 4.78 is 27.0. The fraction of sp³-hybridized carbons (Fsp3) is 0.550. The number of sulfonamides is 1. The van der Waals surface area contributed by atoms with Gasteiger partial charge in [-0.1, -0.05) is 6.92 Å². The summed E-state index contributed by atoms with van der Waals surface area (Å²) >= 11 is 1.14. The number of carbonyl (C=O) groups excluding carboxylic acids is 2. The Morgan fingerprint density at radius 2 is 2.03 bits per heavy atom. The molecule has 0 bridgehead atoms. The molecule has 0 aromatic heterocycles. The number of amides is 3. The molecular weight excluding hydrogens is 474 g/mol. The van der Waals surface area contributed by atoms with Crippen LogP contribution in [0.2, 0.25) is 0 Å². The van der Waals surface area contributed by atoms with Gasteiger partial charge in [0.25, 0.3) is 10.0 Å². The molecule has 1 aromatic carbocycles. The zero-order chi connectivity index (χ0) is 22.4. The van der Waals surface area contributed by atoms with E-state index in [1.54, 1.807) is 0 Å². The molecule has 0 saturated carbocycles. The molecule has 2 aliphatic rings. The van der Waals surface area contributed by atoms with E-state index in [2.05, 4.69) is 15.5 Å². The maximum Gasteiger partial charge on any atom is 0.331 e. The van der Waals surface area contributed by atoms with E-state index >= 15 is 0 Å². The van der Waals surface area contributed by atoms with Gasteiger partial charge in [0, 0.05) is 24.5 Å². The van der Waals surface area contributed by atoms with Crippen LogP contribution < -0.4 is 10.6 Å². The van der Waals surface area contributed by atoms with Crippen molar-refractivity contribution in [3.05, 3.63) is 23.8 Å². The van der Waals surface area contributed by atoms with Gasteiger partial charge in [-0.3, -0.25) is 4.79 Å². The lowest BCUT2D eigenvalue weighted by Crippen LogP contribution is -2.38. The molecule has 1 aromatic rings. The zero-order valence-electron chi connectivity index (χ0n) is 17.9. The van der Waals surface area contributed by atoms with Crippen LogP contribution in [0, 0.1) is 11.3 Å². The Bertz CT molecular complexity index is 977. The van der Waals surface area contributed by atoms with Crippen molar-refractivity contribution in [1.82, 2.24) is 19.8 Å². The SMILES string of the molecule is CCC(Sc1ccc(C#N)cc1S(=O)(=O)N1CCNC1=O)C(=O)NCCN1CCCC1.Cl. The number of nitriles is 1. The van der Waals surface area contributed by atoms with Crippen molar-refractivity contribution in [2.24, 2.45) is 0 Å². The molecular formula is C20H28ClN5O4S2. The standard InChI is InChI=1S/C20H27N5O4S2.ClH/c1-2-16(19(26)22-7-11-24-9-3-4-10-24)30-17-6-5-15(14-21)13-18(17)31(28,29)25-12-8-23-20(25)27;/h5-6,13,16H,2-4,7-12H2,1H3,(H,22,26)(H,23,27);1H. The van der Waals surface area contributed by atoms with E-state index in [9.17, 15) is 23.3 Å². The molecule has 0 aliphatic carbocycles. The van der Waals surface area contributed by atoms with Gasteiger partial charge in [-0.15, -0.1) is 24.2 Å². The van der Waals surface area contributed by atoms with Crippen LogP contribution >= 0.6 is 24.2 Å². The van der Waals surface area contributed by atoms with Crippen molar-refractivity contribution in [3.63, 3.8) is 0 Å². The maximum absolute atomic E-state index is 13.1. The van der Waals surface area contributed by atoms with Crippen LogP contribution in [-0.4, -0.2) is 74.1 Å². The van der Waals surface area contributed by atoms with Gasteiger partial charge in [-0.25, -0.2) is 17.5 Å². The van der Waals surface area contributed by atoms with E-state index in [-0.39, 0.29) is 41.9 Å². The van der Waals surface area contributed by atoms with Gasteiger partial charge in [-0.05, 0) is 50.6 Å². The first-order chi connectivity index (χ1) is 14.9. The third-order valence-corrected chi connectivity index (χ3v) is 8.71. The van der Waals surface area contributed by atoms with Crippen molar-refractivity contribution >= 4 is 46.1 Å². The van der Waals surface area contributed by atoms with Crippen LogP contribution in [0.25, 0.3) is 0 Å². The number of halogens is 1. The van der Waals surface area contributed by atoms with Crippen LogP contribution in [0.1, 0.15) is 31.7 Å². The Morgan fingerprint density at radius 3 is 2.62 bits per heavy atom. The van der Waals surface area contributed by atoms with Crippen LogP contribution in [0.5, 0.6) is 0 Å². The molecule has 32 heavy (non-hydrogen) atoms. The second-order valence-corrected chi connectivity index (χ2v) is 10.5. The summed E-state index contributed by atoms with van der Waals surface area (Å²) in [6.07, 6.45) is 2.88. The molecule has 2 saturated heterocycles. The predicted molar refractivity (Wildman–Crippen MR) is 124 cm³/mol. The lowest BCUT2D eigenvalue weighted by molar-refractivity contribution is -0.120. The monoisotopic (exact) mass is 501 g/mol. The first-order valence-electron chi connectivity index (χ1n) is 10.4. The van der Waals surface area contributed by atoms with Crippen molar-refractivity contribution < 1.29 is 18.0 Å². The minimum atomic E-state index is -4.15. The second-order valence-electron chi connectivity index (χ2n) is 7.44. The van der Waals surface area contributed by atoms with Crippen molar-refractivity contribution in [1.29, 1.82) is 5.26 Å². The number of carbonyl (C=O) groups is 2. The zero-order valence-corrected chi connectivity index (χ0v) is 20.3. The summed E-state index contributed by atoms with van der Waals surface area (Å²) in [6, 6.07) is 5.56. The molecule has 2 heterocycles. The minimum absolute atomic E-state index is 0. The molecule has 0 radical (unpaired) electrons. The van der Waals surface area contributed by atoms with Crippen molar-refractivity contribution in [2.75, 3.05) is 39.3 Å². The highest BCUT2D eigenvalue weighted by Crippen LogP contribution is 2.34. The molecule has 12 heteroatoms. The summed E-state index contributed by atoms with van der Waals surface area (Å²) in [5, 5.41) is 14.2.